The molecule has 0 amide bonds. The van der Waals surface area contributed by atoms with E-state index in [0.717, 1.165) is 9.90 Å². The Bertz CT molecular complexity index is 452. The van der Waals surface area contributed by atoms with Gasteiger partial charge in [-0.3, -0.25) is 0 Å². The van der Waals surface area contributed by atoms with Gasteiger partial charge in [-0.2, -0.15) is 0 Å². The lowest BCUT2D eigenvalue weighted by molar-refractivity contribution is 1.22. The van der Waals surface area contributed by atoms with Crippen LogP contribution in [0, 0.1) is 3.57 Å². The number of alkyl halides is 1. The van der Waals surface area contributed by atoms with E-state index in [4.69, 9.17) is 11.6 Å². The number of halogens is 3. The van der Waals surface area contributed by atoms with Crippen molar-refractivity contribution in [1.82, 2.24) is 0 Å². The normalized spacial score (nSPS) is 12.7. The maximum absolute atomic E-state index is 6.09. The molecular weight excluding hydrogens is 406 g/mol. The first-order valence-corrected chi connectivity index (χ1v) is 7.56. The fourth-order valence-electron chi connectivity index (χ4n) is 1.27. The summed E-state index contributed by atoms with van der Waals surface area (Å²) in [5, 5.41) is 2.85. The van der Waals surface area contributed by atoms with Crippen LogP contribution >= 0.6 is 61.5 Å². The van der Waals surface area contributed by atoms with Crippen LogP contribution in [0.3, 0.4) is 0 Å². The van der Waals surface area contributed by atoms with Crippen LogP contribution in [-0.4, -0.2) is 0 Å². The highest BCUT2D eigenvalue weighted by molar-refractivity contribution is 14.1. The first-order valence-electron chi connectivity index (χ1n) is 4.31. The van der Waals surface area contributed by atoms with E-state index < -0.39 is 0 Å². The smallest absolute Gasteiger partial charge is 0.0753 e. The van der Waals surface area contributed by atoms with E-state index in [9.17, 15) is 0 Å². The molecule has 0 fully saturated rings. The SMILES string of the molecule is Clc1ccsc1C(Br)c1ccc(I)cc1. The molecule has 0 aliphatic carbocycles. The Labute approximate surface area is 120 Å². The van der Waals surface area contributed by atoms with Gasteiger partial charge in [0, 0.05) is 8.45 Å². The molecule has 4 heteroatoms. The zero-order valence-electron chi connectivity index (χ0n) is 7.58. The van der Waals surface area contributed by atoms with Crippen molar-refractivity contribution in [3.8, 4) is 0 Å². The molecule has 0 spiro atoms. The molecule has 0 N–H and O–H groups in total. The van der Waals surface area contributed by atoms with Gasteiger partial charge >= 0.3 is 0 Å². The lowest BCUT2D eigenvalue weighted by Gasteiger charge is -2.08. The summed E-state index contributed by atoms with van der Waals surface area (Å²) >= 11 is 13.7. The van der Waals surface area contributed by atoms with Crippen LogP contribution in [0.2, 0.25) is 5.02 Å². The molecule has 15 heavy (non-hydrogen) atoms. The largest absolute Gasteiger partial charge is 0.146 e. The van der Waals surface area contributed by atoms with Gasteiger partial charge in [0.25, 0.3) is 0 Å². The molecule has 1 atom stereocenters. The average Bonchev–Trinajstić information content (AvgIpc) is 2.65. The van der Waals surface area contributed by atoms with E-state index in [-0.39, 0.29) is 4.83 Å². The Morgan fingerprint density at radius 3 is 2.40 bits per heavy atom. The molecule has 0 bridgehead atoms. The maximum Gasteiger partial charge on any atom is 0.0753 e. The van der Waals surface area contributed by atoms with E-state index in [2.05, 4.69) is 62.8 Å². The molecule has 2 rings (SSSR count). The van der Waals surface area contributed by atoms with Crippen molar-refractivity contribution in [3.63, 3.8) is 0 Å². The van der Waals surface area contributed by atoms with Crippen molar-refractivity contribution in [1.29, 1.82) is 0 Å². The molecule has 0 saturated heterocycles. The topological polar surface area (TPSA) is 0 Å². The van der Waals surface area contributed by atoms with E-state index in [1.807, 2.05) is 11.4 Å². The lowest BCUT2D eigenvalue weighted by Crippen LogP contribution is -1.89. The molecule has 0 nitrogen and oxygen atoms in total. The maximum atomic E-state index is 6.09. The van der Waals surface area contributed by atoms with Gasteiger partial charge in [-0.1, -0.05) is 39.7 Å². The first kappa shape index (κ1) is 11.9. The molecule has 1 aromatic heterocycles. The number of benzene rings is 1. The zero-order valence-corrected chi connectivity index (χ0v) is 12.9. The van der Waals surface area contributed by atoms with Gasteiger partial charge in [-0.25, -0.2) is 0 Å². The molecule has 0 saturated carbocycles. The highest BCUT2D eigenvalue weighted by Gasteiger charge is 2.14. The minimum absolute atomic E-state index is 0.196. The fraction of sp³-hybridized carbons (Fsp3) is 0.0909. The van der Waals surface area contributed by atoms with Gasteiger partial charge in [-0.15, -0.1) is 11.3 Å². The third-order valence-electron chi connectivity index (χ3n) is 2.04. The van der Waals surface area contributed by atoms with Gasteiger partial charge in [0.1, 0.15) is 0 Å². The van der Waals surface area contributed by atoms with E-state index in [0.29, 0.717) is 0 Å². The first-order chi connectivity index (χ1) is 7.18. The van der Waals surface area contributed by atoms with Gasteiger partial charge in [0.2, 0.25) is 0 Å². The van der Waals surface area contributed by atoms with Crippen LogP contribution in [-0.2, 0) is 0 Å². The van der Waals surface area contributed by atoms with Crippen LogP contribution < -0.4 is 0 Å². The van der Waals surface area contributed by atoms with Crippen molar-refractivity contribution < 1.29 is 0 Å². The highest BCUT2D eigenvalue weighted by Crippen LogP contribution is 2.38. The molecule has 0 aliphatic heterocycles. The van der Waals surface area contributed by atoms with Gasteiger partial charge in [0.15, 0.2) is 0 Å². The summed E-state index contributed by atoms with van der Waals surface area (Å²) < 4.78 is 1.24. The second-order valence-electron chi connectivity index (χ2n) is 3.05. The Morgan fingerprint density at radius 2 is 1.87 bits per heavy atom. The van der Waals surface area contributed by atoms with Gasteiger partial charge in [-0.05, 0) is 51.7 Å². The minimum atomic E-state index is 0.196. The number of hydrogen-bond acceptors (Lipinski definition) is 1. The predicted molar refractivity (Wildman–Crippen MR) is 79.3 cm³/mol. The van der Waals surface area contributed by atoms with Crippen molar-refractivity contribution in [2.24, 2.45) is 0 Å². The summed E-state index contributed by atoms with van der Waals surface area (Å²) in [6, 6.07) is 10.4. The highest BCUT2D eigenvalue weighted by atomic mass is 127. The molecule has 1 unspecified atom stereocenters. The van der Waals surface area contributed by atoms with E-state index in [1.165, 1.54) is 9.13 Å². The summed E-state index contributed by atoms with van der Waals surface area (Å²) in [6.07, 6.45) is 0. The van der Waals surface area contributed by atoms with E-state index in [1.54, 1.807) is 11.3 Å². The predicted octanol–water partition coefficient (Wildman–Crippen LogP) is 5.49. The number of thiophene rings is 1. The van der Waals surface area contributed by atoms with Crippen LogP contribution in [0.5, 0.6) is 0 Å². The van der Waals surface area contributed by atoms with Gasteiger partial charge in [0.05, 0.1) is 9.85 Å². The third-order valence-corrected chi connectivity index (χ3v) is 5.47. The summed E-state index contributed by atoms with van der Waals surface area (Å²) in [7, 11) is 0. The lowest BCUT2D eigenvalue weighted by atomic mass is 10.1. The van der Waals surface area contributed by atoms with Crippen molar-refractivity contribution >= 4 is 61.5 Å². The molecule has 1 aromatic carbocycles. The summed E-state index contributed by atoms with van der Waals surface area (Å²) in [5.41, 5.74) is 1.24. The Hall–Kier alpha value is 0.420. The summed E-state index contributed by atoms with van der Waals surface area (Å²) in [5.74, 6) is 0. The fourth-order valence-corrected chi connectivity index (χ4v) is 3.80. The summed E-state index contributed by atoms with van der Waals surface area (Å²) in [4.78, 5) is 1.36. The monoisotopic (exact) mass is 412 g/mol. The second-order valence-corrected chi connectivity index (χ2v) is 6.56. The Morgan fingerprint density at radius 1 is 1.20 bits per heavy atom. The van der Waals surface area contributed by atoms with Crippen LogP contribution in [0.4, 0.5) is 0 Å². The quantitative estimate of drug-likeness (QED) is 0.451. The number of hydrogen-bond donors (Lipinski definition) is 0. The van der Waals surface area contributed by atoms with Gasteiger partial charge < -0.3 is 0 Å². The van der Waals surface area contributed by atoms with E-state index >= 15 is 0 Å². The molecule has 2 aromatic rings. The molecule has 0 aliphatic rings. The molecule has 1 heterocycles. The Balaban J connectivity index is 2.32. The summed E-state index contributed by atoms with van der Waals surface area (Å²) in [6.45, 7) is 0. The average molecular weight is 414 g/mol. The van der Waals surface area contributed by atoms with Crippen molar-refractivity contribution in [3.05, 3.63) is 54.7 Å². The van der Waals surface area contributed by atoms with Crippen molar-refractivity contribution in [2.45, 2.75) is 4.83 Å². The van der Waals surface area contributed by atoms with Crippen LogP contribution in [0.1, 0.15) is 15.3 Å². The standard InChI is InChI=1S/C11H7BrClIS/c12-10(11-9(13)5-6-15-11)7-1-3-8(14)4-2-7/h1-6,10H. The van der Waals surface area contributed by atoms with Crippen molar-refractivity contribution in [2.75, 3.05) is 0 Å². The van der Waals surface area contributed by atoms with Crippen LogP contribution in [0.15, 0.2) is 35.7 Å². The molecule has 78 valence electrons. The minimum Gasteiger partial charge on any atom is -0.146 e. The third kappa shape index (κ3) is 2.75. The molecule has 0 radical (unpaired) electrons. The molecular formula is C11H7BrClIS. The van der Waals surface area contributed by atoms with Crippen LogP contribution in [0.25, 0.3) is 0 Å². The zero-order chi connectivity index (χ0) is 10.8. The Kier molecular flexibility index (Phi) is 4.10. The number of rotatable bonds is 2. The second kappa shape index (κ2) is 5.17.